The van der Waals surface area contributed by atoms with Gasteiger partial charge < -0.3 is 29.7 Å². The number of aliphatic carboxylic acids is 1. The lowest BCUT2D eigenvalue weighted by molar-refractivity contribution is -0.138. The van der Waals surface area contributed by atoms with Gasteiger partial charge in [-0.3, -0.25) is 18.9 Å². The zero-order chi connectivity index (χ0) is 31.4. The van der Waals surface area contributed by atoms with E-state index in [1.807, 2.05) is 30.3 Å². The van der Waals surface area contributed by atoms with E-state index >= 15 is 4.39 Å². The molecule has 2 heterocycles. The lowest BCUT2D eigenvalue weighted by Crippen LogP contribution is -2.51. The fraction of sp³-hybridized carbons (Fsp3) is 0.276. The van der Waals surface area contributed by atoms with E-state index in [1.165, 1.54) is 48.4 Å². The number of hydrogen-bond donors (Lipinski definition) is 4. The average molecular weight is 616 g/mol. The number of halogens is 1. The molecule has 43 heavy (non-hydrogen) atoms. The first-order chi connectivity index (χ1) is 20.3. The number of carbonyl (C=O) groups is 3. The van der Waals surface area contributed by atoms with Crippen LogP contribution >= 0.6 is 7.75 Å². The molecular weight excluding hydrogens is 584 g/mol. The molecule has 2 aliphatic heterocycles. The number of allylic oxidation sites excluding steroid dienone is 1. The molecule has 6 atom stereocenters. The third-order valence-corrected chi connectivity index (χ3v) is 8.30. The van der Waals surface area contributed by atoms with Crippen LogP contribution in [0, 0.1) is 0 Å². The topological polar surface area (TPSA) is 164 Å². The second-order valence-electron chi connectivity index (χ2n) is 9.99. The van der Waals surface area contributed by atoms with E-state index in [0.29, 0.717) is 5.56 Å². The van der Waals surface area contributed by atoms with Crippen LogP contribution < -0.4 is 14.9 Å². The minimum atomic E-state index is -4.48. The van der Waals surface area contributed by atoms with E-state index in [9.17, 15) is 29.2 Å². The molecule has 1 amide bonds. The van der Waals surface area contributed by atoms with E-state index in [1.54, 1.807) is 6.08 Å². The SMILES string of the molecule is C=C1NC(=O)C=CN1[C@@H]1O[C@H](COP(=O)(NC(C)C(=O)O)Oc2ccc(C(=O)/C=C/c3ccccc3)cc2)[C@@H](O)[C@@]1(C)F. The molecule has 1 fully saturated rings. The highest BCUT2D eigenvalue weighted by Crippen LogP contribution is 2.47. The Labute approximate surface area is 247 Å². The Kier molecular flexibility index (Phi) is 9.63. The summed E-state index contributed by atoms with van der Waals surface area (Å²) in [6, 6.07) is 13.4. The molecule has 2 aromatic rings. The Morgan fingerprint density at radius 2 is 1.93 bits per heavy atom. The van der Waals surface area contributed by atoms with Crippen LogP contribution in [0.15, 0.2) is 85.3 Å². The number of aliphatic hydroxyl groups excluding tert-OH is 1. The van der Waals surface area contributed by atoms with Crippen molar-refractivity contribution in [1.29, 1.82) is 0 Å². The third-order valence-electron chi connectivity index (χ3n) is 6.66. The number of hydrogen-bond acceptors (Lipinski definition) is 9. The number of alkyl halides is 1. The van der Waals surface area contributed by atoms with Crippen LogP contribution in [0.3, 0.4) is 0 Å². The molecular formula is C29H31FN3O9P. The van der Waals surface area contributed by atoms with Crippen molar-refractivity contribution in [2.24, 2.45) is 0 Å². The average Bonchev–Trinajstić information content (AvgIpc) is 3.19. The van der Waals surface area contributed by atoms with Crippen LogP contribution in [-0.2, 0) is 23.4 Å². The minimum Gasteiger partial charge on any atom is -0.480 e. The Morgan fingerprint density at radius 3 is 2.56 bits per heavy atom. The van der Waals surface area contributed by atoms with Gasteiger partial charge in [0.25, 0.3) is 5.91 Å². The molecule has 12 nitrogen and oxygen atoms in total. The number of carbonyl (C=O) groups excluding carboxylic acids is 2. The molecule has 14 heteroatoms. The number of benzene rings is 2. The summed E-state index contributed by atoms with van der Waals surface area (Å²) in [6.07, 6.45) is 0.832. The number of carboxylic acid groups (broad SMARTS) is 1. The summed E-state index contributed by atoms with van der Waals surface area (Å²) in [4.78, 5) is 36.8. The highest BCUT2D eigenvalue weighted by Gasteiger charge is 2.57. The van der Waals surface area contributed by atoms with Gasteiger partial charge in [0.2, 0.25) is 0 Å². The summed E-state index contributed by atoms with van der Waals surface area (Å²) >= 11 is 0. The van der Waals surface area contributed by atoms with E-state index in [4.69, 9.17) is 13.8 Å². The smallest absolute Gasteiger partial charge is 0.459 e. The first-order valence-corrected chi connectivity index (χ1v) is 14.6. The highest BCUT2D eigenvalue weighted by molar-refractivity contribution is 7.52. The molecule has 228 valence electrons. The van der Waals surface area contributed by atoms with Gasteiger partial charge in [-0.05, 0) is 49.8 Å². The molecule has 2 aliphatic rings. The zero-order valence-corrected chi connectivity index (χ0v) is 24.1. The van der Waals surface area contributed by atoms with Crippen molar-refractivity contribution >= 4 is 31.5 Å². The number of aliphatic hydroxyl groups is 1. The summed E-state index contributed by atoms with van der Waals surface area (Å²) in [7, 11) is -4.48. The molecule has 1 saturated heterocycles. The van der Waals surface area contributed by atoms with Gasteiger partial charge in [0.1, 0.15) is 29.8 Å². The number of carboxylic acids is 1. The maximum Gasteiger partial charge on any atom is 0.459 e. The number of ketones is 1. The molecule has 4 N–H and O–H groups in total. The molecule has 0 radical (unpaired) electrons. The molecule has 0 aliphatic carbocycles. The second-order valence-corrected chi connectivity index (χ2v) is 11.7. The normalized spacial score (nSPS) is 25.8. The fourth-order valence-corrected chi connectivity index (χ4v) is 5.77. The van der Waals surface area contributed by atoms with Crippen molar-refractivity contribution in [2.75, 3.05) is 6.61 Å². The molecule has 0 aromatic heterocycles. The summed E-state index contributed by atoms with van der Waals surface area (Å²) < 4.78 is 45.9. The molecule has 2 unspecified atom stereocenters. The summed E-state index contributed by atoms with van der Waals surface area (Å²) in [5, 5.41) is 24.7. The fourth-order valence-electron chi connectivity index (χ4n) is 4.26. The van der Waals surface area contributed by atoms with Crippen molar-refractivity contribution in [3.05, 3.63) is 96.5 Å². The van der Waals surface area contributed by atoms with Gasteiger partial charge in [-0.15, -0.1) is 0 Å². The van der Waals surface area contributed by atoms with Gasteiger partial charge in [-0.25, -0.2) is 8.96 Å². The van der Waals surface area contributed by atoms with Gasteiger partial charge in [-0.2, -0.15) is 5.09 Å². The summed E-state index contributed by atoms with van der Waals surface area (Å²) in [6.45, 7) is 5.27. The van der Waals surface area contributed by atoms with Gasteiger partial charge in [-0.1, -0.05) is 43.0 Å². The number of amides is 1. The number of nitrogens with one attached hydrogen (secondary N) is 2. The Hall–Kier alpha value is -4.13. The lowest BCUT2D eigenvalue weighted by Gasteiger charge is -2.35. The van der Waals surface area contributed by atoms with Gasteiger partial charge in [0.05, 0.1) is 6.61 Å². The van der Waals surface area contributed by atoms with Crippen molar-refractivity contribution in [3.8, 4) is 5.75 Å². The maximum atomic E-state index is 15.6. The quantitative estimate of drug-likeness (QED) is 0.157. The van der Waals surface area contributed by atoms with E-state index < -0.39 is 56.4 Å². The first-order valence-electron chi connectivity index (χ1n) is 13.1. The molecule has 0 spiro atoms. The van der Waals surface area contributed by atoms with Crippen LogP contribution in [-0.4, -0.2) is 69.5 Å². The maximum absolute atomic E-state index is 15.6. The minimum absolute atomic E-state index is 0.0126. The first kappa shape index (κ1) is 31.8. The zero-order valence-electron chi connectivity index (χ0n) is 23.3. The van der Waals surface area contributed by atoms with E-state index in [-0.39, 0.29) is 17.4 Å². The van der Waals surface area contributed by atoms with Crippen LogP contribution in [0.4, 0.5) is 4.39 Å². The number of nitrogens with zero attached hydrogens (tertiary/aromatic N) is 1. The molecule has 4 rings (SSSR count). The summed E-state index contributed by atoms with van der Waals surface area (Å²) in [5.74, 6) is -2.14. The van der Waals surface area contributed by atoms with E-state index in [0.717, 1.165) is 18.6 Å². The van der Waals surface area contributed by atoms with Crippen LogP contribution in [0.1, 0.15) is 29.8 Å². The Balaban J connectivity index is 1.46. The Bertz CT molecular complexity index is 1480. The molecule has 0 saturated carbocycles. The highest BCUT2D eigenvalue weighted by atomic mass is 31.2. The van der Waals surface area contributed by atoms with Gasteiger partial charge >= 0.3 is 13.7 Å². The largest absolute Gasteiger partial charge is 0.480 e. The van der Waals surface area contributed by atoms with Crippen LogP contribution in [0.25, 0.3) is 6.08 Å². The van der Waals surface area contributed by atoms with Gasteiger partial charge in [0.15, 0.2) is 17.7 Å². The van der Waals surface area contributed by atoms with Crippen LogP contribution in [0.5, 0.6) is 5.75 Å². The lowest BCUT2D eigenvalue weighted by atomic mass is 9.98. The van der Waals surface area contributed by atoms with Crippen molar-refractivity contribution < 1.29 is 47.3 Å². The predicted octanol–water partition coefficient (Wildman–Crippen LogP) is 3.38. The van der Waals surface area contributed by atoms with Gasteiger partial charge in [0, 0.05) is 17.8 Å². The molecule has 0 bridgehead atoms. The number of ether oxygens (including phenoxy) is 1. The van der Waals surface area contributed by atoms with Crippen molar-refractivity contribution in [1.82, 2.24) is 15.3 Å². The standard InChI is InChI=1S/C29H31FN3O9P/c1-18(27(37)38)32-43(39,42-22-12-10-21(11-13-22)23(34)14-9-20-7-5-4-6-8-20)40-17-24-26(36)29(3,30)28(41-24)33-16-15-25(35)31-19(33)2/h4-16,18,24,26,28,36H,2,17H2,1,3H3,(H,31,35)(H,32,39)(H,37,38)/b14-9+/t18?,24-,26-,28-,29-,43?/m1/s1. The summed E-state index contributed by atoms with van der Waals surface area (Å²) in [5.41, 5.74) is -1.25. The predicted molar refractivity (Wildman–Crippen MR) is 153 cm³/mol. The van der Waals surface area contributed by atoms with Crippen molar-refractivity contribution in [2.45, 2.75) is 44.0 Å². The molecule has 2 aromatic carbocycles. The van der Waals surface area contributed by atoms with E-state index in [2.05, 4.69) is 17.0 Å². The third kappa shape index (κ3) is 7.64. The van der Waals surface area contributed by atoms with Crippen LogP contribution in [0.2, 0.25) is 0 Å². The Morgan fingerprint density at radius 1 is 1.26 bits per heavy atom. The van der Waals surface area contributed by atoms with Crippen molar-refractivity contribution in [3.63, 3.8) is 0 Å². The monoisotopic (exact) mass is 615 g/mol. The number of rotatable bonds is 12. The second kappa shape index (κ2) is 13.0.